The lowest BCUT2D eigenvalue weighted by atomic mass is 9.88. The van der Waals surface area contributed by atoms with E-state index in [1.807, 2.05) is 0 Å². The van der Waals surface area contributed by atoms with Crippen molar-refractivity contribution in [1.29, 1.82) is 0 Å². The van der Waals surface area contributed by atoms with Gasteiger partial charge in [0.2, 0.25) is 0 Å². The minimum absolute atomic E-state index is 1.15. The van der Waals surface area contributed by atoms with Gasteiger partial charge < -0.3 is 0 Å². The monoisotopic (exact) mass is 549 g/mol. The lowest BCUT2D eigenvalue weighted by Crippen LogP contribution is -1.98. The number of hydrogen-bond donors (Lipinski definition) is 0. The van der Waals surface area contributed by atoms with E-state index >= 15 is 0 Å². The minimum atomic E-state index is 1.15. The molecule has 0 radical (unpaired) electrons. The van der Waals surface area contributed by atoms with Crippen LogP contribution in [0.3, 0.4) is 0 Å². The second kappa shape index (κ2) is 19.3. The van der Waals surface area contributed by atoms with Crippen molar-refractivity contribution in [1.82, 2.24) is 0 Å². The molecule has 0 saturated heterocycles. The minimum Gasteiger partial charge on any atom is -0.0775 e. The smallest absolute Gasteiger partial charge is 0.0240 e. The Labute approximate surface area is 252 Å². The molecule has 0 atom stereocenters. The zero-order valence-corrected chi connectivity index (χ0v) is 30.1. The molecule has 0 nitrogen and oxygen atoms in total. The molecule has 0 heterocycles. The summed E-state index contributed by atoms with van der Waals surface area (Å²) in [6, 6.07) is 0. The van der Waals surface area contributed by atoms with Crippen molar-refractivity contribution >= 4 is 0 Å². The summed E-state index contributed by atoms with van der Waals surface area (Å²) in [6.07, 6.45) is 11.8. The quantitative estimate of drug-likeness (QED) is 0.133. The van der Waals surface area contributed by atoms with Gasteiger partial charge in [0.1, 0.15) is 0 Å². The molecule has 0 aromatic carbocycles. The summed E-state index contributed by atoms with van der Waals surface area (Å²) in [5.41, 5.74) is 21.7. The average Bonchev–Trinajstić information content (AvgIpc) is 2.88. The predicted molar refractivity (Wildman–Crippen MR) is 186 cm³/mol. The summed E-state index contributed by atoms with van der Waals surface area (Å²) in [5.74, 6) is 0. The highest BCUT2D eigenvalue weighted by atomic mass is 14.2. The third-order valence-corrected chi connectivity index (χ3v) is 9.67. The van der Waals surface area contributed by atoms with Crippen LogP contribution in [0.1, 0.15) is 175 Å². The average molecular weight is 549 g/mol. The number of allylic oxidation sites excluding steroid dienone is 14. The van der Waals surface area contributed by atoms with Gasteiger partial charge in [0.05, 0.1) is 0 Å². The van der Waals surface area contributed by atoms with Crippen LogP contribution in [0.5, 0.6) is 0 Å². The van der Waals surface area contributed by atoms with E-state index < -0.39 is 0 Å². The first-order chi connectivity index (χ1) is 18.5. The fraction of sp³-hybridized carbons (Fsp3) is 0.650. The highest BCUT2D eigenvalue weighted by Gasteiger charge is 2.10. The Bertz CT molecular complexity index is 1050. The SMILES string of the molecule is CC(C)=C(C)CC/C(C)=C(\C)CCC(CC/C(C)=C(\C)C(CC/C(C)=C(\C)CCC(C)=C(C)C)=C(C)C)=C(C)C. The molecule has 0 aromatic heterocycles. The van der Waals surface area contributed by atoms with Crippen LogP contribution in [-0.4, -0.2) is 0 Å². The third-order valence-electron chi connectivity index (χ3n) is 9.67. The maximum Gasteiger partial charge on any atom is -0.0240 e. The summed E-state index contributed by atoms with van der Waals surface area (Å²) in [5, 5.41) is 0. The van der Waals surface area contributed by atoms with E-state index in [2.05, 4.69) is 111 Å². The molecule has 0 unspecified atom stereocenters. The molecular weight excluding hydrogens is 480 g/mol. The predicted octanol–water partition coefficient (Wildman–Crippen LogP) is 14.3. The van der Waals surface area contributed by atoms with Crippen LogP contribution in [0.2, 0.25) is 0 Å². The Morgan fingerprint density at radius 2 is 0.550 bits per heavy atom. The second-order valence-electron chi connectivity index (χ2n) is 13.7. The van der Waals surface area contributed by atoms with E-state index in [-0.39, 0.29) is 0 Å². The van der Waals surface area contributed by atoms with E-state index in [1.165, 1.54) is 91.2 Å². The highest BCUT2D eigenvalue weighted by Crippen LogP contribution is 2.30. The molecule has 0 saturated carbocycles. The molecule has 228 valence electrons. The van der Waals surface area contributed by atoms with Crippen LogP contribution in [0.15, 0.2) is 78.0 Å². The van der Waals surface area contributed by atoms with Crippen molar-refractivity contribution in [2.45, 2.75) is 175 Å². The summed E-state index contributed by atoms with van der Waals surface area (Å²) >= 11 is 0. The fourth-order valence-corrected chi connectivity index (χ4v) is 4.98. The van der Waals surface area contributed by atoms with Gasteiger partial charge in [0.15, 0.2) is 0 Å². The first-order valence-corrected chi connectivity index (χ1v) is 16.0. The van der Waals surface area contributed by atoms with Gasteiger partial charge in [0.25, 0.3) is 0 Å². The maximum absolute atomic E-state index is 2.37. The van der Waals surface area contributed by atoms with Crippen molar-refractivity contribution < 1.29 is 0 Å². The van der Waals surface area contributed by atoms with Crippen molar-refractivity contribution in [3.8, 4) is 0 Å². The van der Waals surface area contributed by atoms with E-state index in [4.69, 9.17) is 0 Å². The van der Waals surface area contributed by atoms with Crippen LogP contribution < -0.4 is 0 Å². The summed E-state index contributed by atoms with van der Waals surface area (Å²) < 4.78 is 0. The molecule has 0 aliphatic heterocycles. The van der Waals surface area contributed by atoms with E-state index in [0.29, 0.717) is 0 Å². The number of hydrogen-bond acceptors (Lipinski definition) is 0. The molecule has 0 aliphatic rings. The van der Waals surface area contributed by atoms with Gasteiger partial charge in [-0.2, -0.15) is 0 Å². The largest absolute Gasteiger partial charge is 0.0775 e. The van der Waals surface area contributed by atoms with Crippen molar-refractivity contribution in [2.75, 3.05) is 0 Å². The van der Waals surface area contributed by atoms with Crippen LogP contribution in [0.25, 0.3) is 0 Å². The molecule has 0 N–H and O–H groups in total. The Morgan fingerprint density at radius 3 is 0.875 bits per heavy atom. The van der Waals surface area contributed by atoms with Crippen LogP contribution >= 0.6 is 0 Å². The summed E-state index contributed by atoms with van der Waals surface area (Å²) in [6.45, 7) is 36.8. The van der Waals surface area contributed by atoms with Gasteiger partial charge in [-0.25, -0.2) is 0 Å². The van der Waals surface area contributed by atoms with Gasteiger partial charge in [-0.05, 0) is 186 Å². The van der Waals surface area contributed by atoms with Crippen molar-refractivity contribution in [3.05, 3.63) is 78.0 Å². The van der Waals surface area contributed by atoms with Crippen molar-refractivity contribution in [3.63, 3.8) is 0 Å². The molecule has 0 bridgehead atoms. The molecule has 0 fully saturated rings. The van der Waals surface area contributed by atoms with E-state index in [1.54, 1.807) is 44.6 Å². The zero-order chi connectivity index (χ0) is 31.2. The van der Waals surface area contributed by atoms with Gasteiger partial charge in [-0.15, -0.1) is 0 Å². The topological polar surface area (TPSA) is 0 Å². The molecule has 0 rings (SSSR count). The second-order valence-corrected chi connectivity index (χ2v) is 13.7. The van der Waals surface area contributed by atoms with E-state index in [9.17, 15) is 0 Å². The molecule has 40 heavy (non-hydrogen) atoms. The van der Waals surface area contributed by atoms with Crippen LogP contribution in [-0.2, 0) is 0 Å². The maximum atomic E-state index is 2.37. The Hall–Kier alpha value is -1.82. The van der Waals surface area contributed by atoms with Gasteiger partial charge >= 0.3 is 0 Å². The molecular formula is C40H68. The summed E-state index contributed by atoms with van der Waals surface area (Å²) in [4.78, 5) is 0. The first kappa shape index (κ1) is 38.2. The Morgan fingerprint density at radius 1 is 0.250 bits per heavy atom. The fourth-order valence-electron chi connectivity index (χ4n) is 4.98. The Kier molecular flexibility index (Phi) is 18.4. The Balaban J connectivity index is 5.35. The first-order valence-electron chi connectivity index (χ1n) is 16.0. The molecule has 0 aliphatic carbocycles. The van der Waals surface area contributed by atoms with Gasteiger partial charge in [-0.1, -0.05) is 66.9 Å². The normalized spacial score (nSPS) is 13.2. The lowest BCUT2D eigenvalue weighted by molar-refractivity contribution is 0.786. The standard InChI is InChI=1S/C40H68/c1-27(2)31(9)17-19-33(11)35(13)21-24-39(29(5)6)25-22-37(15)38(16)40(30(7)8)26-23-36(14)34(12)20-18-32(10)28(3)4/h17-26H2,1-16H3/b35-33+,36-34+,38-37+. The molecule has 0 heteroatoms. The van der Waals surface area contributed by atoms with E-state index in [0.717, 1.165) is 6.42 Å². The lowest BCUT2D eigenvalue weighted by Gasteiger charge is -2.18. The van der Waals surface area contributed by atoms with Crippen molar-refractivity contribution in [2.24, 2.45) is 0 Å². The molecule has 0 aromatic rings. The molecule has 0 spiro atoms. The van der Waals surface area contributed by atoms with Crippen LogP contribution in [0, 0.1) is 0 Å². The third kappa shape index (κ3) is 14.7. The van der Waals surface area contributed by atoms with Gasteiger partial charge in [0, 0.05) is 0 Å². The molecule has 0 amide bonds. The van der Waals surface area contributed by atoms with Gasteiger partial charge in [-0.3, -0.25) is 0 Å². The highest BCUT2D eigenvalue weighted by molar-refractivity contribution is 5.37. The number of rotatable bonds is 16. The zero-order valence-electron chi connectivity index (χ0n) is 30.1. The summed E-state index contributed by atoms with van der Waals surface area (Å²) in [7, 11) is 0. The van der Waals surface area contributed by atoms with Crippen LogP contribution in [0.4, 0.5) is 0 Å².